The second-order valence-electron chi connectivity index (χ2n) is 5.01. The third-order valence-corrected chi connectivity index (χ3v) is 3.48. The molecule has 2 unspecified atom stereocenters. The summed E-state index contributed by atoms with van der Waals surface area (Å²) < 4.78 is 12.7. The number of rotatable bonds is 3. The van der Waals surface area contributed by atoms with Crippen molar-refractivity contribution in [2.24, 2.45) is 11.7 Å². The molecule has 1 aromatic rings. The Labute approximate surface area is 119 Å². The van der Waals surface area contributed by atoms with E-state index < -0.39 is 0 Å². The van der Waals surface area contributed by atoms with E-state index >= 15 is 0 Å². The van der Waals surface area contributed by atoms with Gasteiger partial charge < -0.3 is 11.1 Å². The Morgan fingerprint density at radius 1 is 1.32 bits per heavy atom. The first kappa shape index (κ1) is 15.9. The minimum absolute atomic E-state index is 0. The van der Waals surface area contributed by atoms with Crippen LogP contribution in [0.15, 0.2) is 24.3 Å². The van der Waals surface area contributed by atoms with Crippen LogP contribution in [0.25, 0.3) is 0 Å². The zero-order valence-corrected chi connectivity index (χ0v) is 11.6. The molecule has 1 saturated carbocycles. The zero-order valence-electron chi connectivity index (χ0n) is 10.8. The quantitative estimate of drug-likeness (QED) is 0.897. The summed E-state index contributed by atoms with van der Waals surface area (Å²) in [6.45, 7) is 0.657. The van der Waals surface area contributed by atoms with E-state index in [2.05, 4.69) is 5.32 Å². The van der Waals surface area contributed by atoms with Crippen LogP contribution in [0.1, 0.15) is 36.0 Å². The summed E-state index contributed by atoms with van der Waals surface area (Å²) in [4.78, 5) is 11.8. The van der Waals surface area contributed by atoms with Crippen molar-refractivity contribution in [1.82, 2.24) is 5.32 Å². The maximum Gasteiger partial charge on any atom is 0.251 e. The number of nitrogens with one attached hydrogen (secondary N) is 1. The number of halogens is 2. The first-order valence-corrected chi connectivity index (χ1v) is 6.44. The number of hydrogen-bond acceptors (Lipinski definition) is 2. The van der Waals surface area contributed by atoms with Gasteiger partial charge in [0.1, 0.15) is 5.82 Å². The lowest BCUT2D eigenvalue weighted by Crippen LogP contribution is -2.35. The van der Waals surface area contributed by atoms with Crippen molar-refractivity contribution in [3.05, 3.63) is 35.6 Å². The number of benzene rings is 1. The molecule has 0 heterocycles. The fourth-order valence-electron chi connectivity index (χ4n) is 2.46. The Kier molecular flexibility index (Phi) is 6.25. The maximum absolute atomic E-state index is 12.7. The van der Waals surface area contributed by atoms with E-state index in [0.29, 0.717) is 18.0 Å². The summed E-state index contributed by atoms with van der Waals surface area (Å²) in [6, 6.07) is 5.86. The molecule has 1 aliphatic carbocycles. The molecule has 2 rings (SSSR count). The van der Waals surface area contributed by atoms with E-state index in [1.54, 1.807) is 0 Å². The van der Waals surface area contributed by atoms with Crippen molar-refractivity contribution >= 4 is 18.3 Å². The molecule has 0 aromatic heterocycles. The number of nitrogens with two attached hydrogens (primary N) is 1. The van der Waals surface area contributed by atoms with Gasteiger partial charge in [-0.3, -0.25) is 4.79 Å². The fourth-order valence-corrected chi connectivity index (χ4v) is 2.46. The lowest BCUT2D eigenvalue weighted by molar-refractivity contribution is 0.0942. The van der Waals surface area contributed by atoms with Gasteiger partial charge in [0, 0.05) is 18.2 Å². The van der Waals surface area contributed by atoms with Crippen LogP contribution in [0, 0.1) is 11.7 Å². The largest absolute Gasteiger partial charge is 0.352 e. The van der Waals surface area contributed by atoms with Crippen LogP contribution in [0.3, 0.4) is 0 Å². The Hall–Kier alpha value is -1.13. The zero-order chi connectivity index (χ0) is 13.0. The molecule has 19 heavy (non-hydrogen) atoms. The monoisotopic (exact) mass is 286 g/mol. The van der Waals surface area contributed by atoms with Gasteiger partial charge in [0.15, 0.2) is 0 Å². The van der Waals surface area contributed by atoms with Crippen LogP contribution >= 0.6 is 12.4 Å². The second kappa shape index (κ2) is 7.46. The molecule has 5 heteroatoms. The molecule has 1 aromatic carbocycles. The first-order valence-electron chi connectivity index (χ1n) is 6.44. The van der Waals surface area contributed by atoms with E-state index in [1.807, 2.05) is 0 Å². The van der Waals surface area contributed by atoms with Gasteiger partial charge >= 0.3 is 0 Å². The molecule has 0 aliphatic heterocycles. The standard InChI is InChI=1S/C14H19FN2O.ClH/c15-12-6-4-11(5-7-12)14(18)17-9-10-2-1-3-13(16)8-10;/h4-7,10,13H,1-3,8-9,16H2,(H,17,18);1H. The Morgan fingerprint density at radius 2 is 2.00 bits per heavy atom. The highest BCUT2D eigenvalue weighted by molar-refractivity contribution is 5.94. The summed E-state index contributed by atoms with van der Waals surface area (Å²) >= 11 is 0. The SMILES string of the molecule is Cl.NC1CCCC(CNC(=O)c2ccc(F)cc2)C1. The Morgan fingerprint density at radius 3 is 2.63 bits per heavy atom. The van der Waals surface area contributed by atoms with E-state index in [9.17, 15) is 9.18 Å². The van der Waals surface area contributed by atoms with Gasteiger partial charge in [-0.1, -0.05) is 6.42 Å². The smallest absolute Gasteiger partial charge is 0.251 e. The molecule has 3 nitrogen and oxygen atoms in total. The highest BCUT2D eigenvalue weighted by atomic mass is 35.5. The third-order valence-electron chi connectivity index (χ3n) is 3.48. The molecule has 0 bridgehead atoms. The van der Waals surface area contributed by atoms with Crippen LogP contribution < -0.4 is 11.1 Å². The highest BCUT2D eigenvalue weighted by Gasteiger charge is 2.19. The van der Waals surface area contributed by atoms with Crippen molar-refractivity contribution in [2.75, 3.05) is 6.54 Å². The molecule has 3 N–H and O–H groups in total. The van der Waals surface area contributed by atoms with Crippen LogP contribution in [-0.4, -0.2) is 18.5 Å². The van der Waals surface area contributed by atoms with Gasteiger partial charge in [-0.15, -0.1) is 12.4 Å². The summed E-state index contributed by atoms with van der Waals surface area (Å²) in [7, 11) is 0. The van der Waals surface area contributed by atoms with E-state index in [1.165, 1.54) is 24.3 Å². The van der Waals surface area contributed by atoms with Crippen molar-refractivity contribution < 1.29 is 9.18 Å². The van der Waals surface area contributed by atoms with E-state index in [0.717, 1.165) is 25.7 Å². The maximum atomic E-state index is 12.7. The van der Waals surface area contributed by atoms with Gasteiger partial charge in [0.2, 0.25) is 0 Å². The molecular formula is C14H20ClFN2O. The van der Waals surface area contributed by atoms with Crippen molar-refractivity contribution in [2.45, 2.75) is 31.7 Å². The molecule has 0 spiro atoms. The van der Waals surface area contributed by atoms with Crippen LogP contribution in [-0.2, 0) is 0 Å². The summed E-state index contributed by atoms with van der Waals surface area (Å²) in [5.74, 6) is -0.00269. The molecule has 0 radical (unpaired) electrons. The topological polar surface area (TPSA) is 55.1 Å². The molecule has 0 saturated heterocycles. The number of amides is 1. The van der Waals surface area contributed by atoms with Crippen LogP contribution in [0.2, 0.25) is 0 Å². The number of carbonyl (C=O) groups is 1. The average molecular weight is 287 g/mol. The van der Waals surface area contributed by atoms with Gasteiger partial charge in [-0.25, -0.2) is 4.39 Å². The number of carbonyl (C=O) groups excluding carboxylic acids is 1. The summed E-state index contributed by atoms with van der Waals surface area (Å²) in [5.41, 5.74) is 6.40. The molecule has 1 amide bonds. The van der Waals surface area contributed by atoms with E-state index in [-0.39, 0.29) is 30.2 Å². The van der Waals surface area contributed by atoms with Crippen molar-refractivity contribution in [1.29, 1.82) is 0 Å². The minimum atomic E-state index is -0.329. The normalized spacial score (nSPS) is 22.4. The third kappa shape index (κ3) is 4.80. The van der Waals surface area contributed by atoms with Crippen LogP contribution in [0.5, 0.6) is 0 Å². The van der Waals surface area contributed by atoms with Crippen molar-refractivity contribution in [3.63, 3.8) is 0 Å². The van der Waals surface area contributed by atoms with Crippen LogP contribution in [0.4, 0.5) is 4.39 Å². The first-order chi connectivity index (χ1) is 8.65. The van der Waals surface area contributed by atoms with Gasteiger partial charge in [-0.05, 0) is 49.4 Å². The lowest BCUT2D eigenvalue weighted by atomic mass is 9.86. The minimum Gasteiger partial charge on any atom is -0.352 e. The predicted octanol–water partition coefficient (Wildman–Crippen LogP) is 2.49. The van der Waals surface area contributed by atoms with Gasteiger partial charge in [-0.2, -0.15) is 0 Å². The summed E-state index contributed by atoms with van der Waals surface area (Å²) in [6.07, 6.45) is 4.32. The molecule has 106 valence electrons. The highest BCUT2D eigenvalue weighted by Crippen LogP contribution is 2.22. The summed E-state index contributed by atoms with van der Waals surface area (Å²) in [5, 5.41) is 2.89. The molecule has 2 atom stereocenters. The lowest BCUT2D eigenvalue weighted by Gasteiger charge is -2.26. The average Bonchev–Trinajstić information content (AvgIpc) is 2.37. The Balaban J connectivity index is 0.00000180. The fraction of sp³-hybridized carbons (Fsp3) is 0.500. The second-order valence-corrected chi connectivity index (χ2v) is 5.01. The molecule has 1 fully saturated rings. The van der Waals surface area contributed by atoms with Gasteiger partial charge in [0.05, 0.1) is 0 Å². The van der Waals surface area contributed by atoms with Gasteiger partial charge in [0.25, 0.3) is 5.91 Å². The van der Waals surface area contributed by atoms with E-state index in [4.69, 9.17) is 5.73 Å². The number of hydrogen-bond donors (Lipinski definition) is 2. The molecular weight excluding hydrogens is 267 g/mol. The molecule has 1 aliphatic rings. The Bertz CT molecular complexity index is 410. The predicted molar refractivity (Wildman–Crippen MR) is 75.9 cm³/mol. The van der Waals surface area contributed by atoms with Crippen molar-refractivity contribution in [3.8, 4) is 0 Å².